The number of hydrogen-bond acceptors (Lipinski definition) is 4. The van der Waals surface area contributed by atoms with Gasteiger partial charge in [0, 0.05) is 18.1 Å². The van der Waals surface area contributed by atoms with Gasteiger partial charge < -0.3 is 14.7 Å². The number of esters is 1. The number of ether oxygens (including phenoxy) is 1. The zero-order valence-corrected chi connectivity index (χ0v) is 12.8. The first-order valence-electron chi connectivity index (χ1n) is 6.43. The molecule has 1 rings (SSSR count). The lowest BCUT2D eigenvalue weighted by atomic mass is 10.2. The van der Waals surface area contributed by atoms with Crippen molar-refractivity contribution in [1.29, 1.82) is 0 Å². The average molecular weight is 312 g/mol. The smallest absolute Gasteiger partial charge is 0.342 e. The van der Waals surface area contributed by atoms with Crippen molar-refractivity contribution in [3.63, 3.8) is 0 Å². The van der Waals surface area contributed by atoms with Crippen LogP contribution in [0.25, 0.3) is 0 Å². The normalized spacial score (nSPS) is 10.0. The Kier molecular flexibility index (Phi) is 6.24. The van der Waals surface area contributed by atoms with Crippen molar-refractivity contribution in [2.45, 2.75) is 13.8 Å². The monoisotopic (exact) mass is 311 g/mol. The van der Waals surface area contributed by atoms with E-state index in [1.807, 2.05) is 13.8 Å². The van der Waals surface area contributed by atoms with Crippen molar-refractivity contribution < 1.29 is 19.4 Å². The van der Waals surface area contributed by atoms with Gasteiger partial charge in [0.05, 0.1) is 0 Å². The fraction of sp³-hybridized carbons (Fsp3) is 0.333. The minimum Gasteiger partial charge on any atom is -0.507 e. The lowest BCUT2D eigenvalue weighted by molar-refractivity contribution is -0.133. The lowest BCUT2D eigenvalue weighted by Crippen LogP contribution is -2.35. The van der Waals surface area contributed by atoms with Crippen LogP contribution >= 0.6 is 11.6 Å². The van der Waals surface area contributed by atoms with Gasteiger partial charge in [0.2, 0.25) is 0 Å². The number of hydrogen-bond donors (Lipinski definition) is 1. The molecule has 0 saturated heterocycles. The molecule has 1 aromatic rings. The Morgan fingerprint density at radius 3 is 2.67 bits per heavy atom. The fourth-order valence-electron chi connectivity index (χ4n) is 1.67. The number of amides is 1. The van der Waals surface area contributed by atoms with Gasteiger partial charge >= 0.3 is 5.97 Å². The molecule has 21 heavy (non-hydrogen) atoms. The van der Waals surface area contributed by atoms with Gasteiger partial charge in [0.25, 0.3) is 5.91 Å². The fourth-order valence-corrected chi connectivity index (χ4v) is 1.84. The van der Waals surface area contributed by atoms with Crippen LogP contribution in [-0.2, 0) is 9.53 Å². The van der Waals surface area contributed by atoms with Gasteiger partial charge in [-0.05, 0) is 32.0 Å². The Balaban J connectivity index is 2.65. The maximum atomic E-state index is 11.9. The molecular formula is C15H18ClNO4. The largest absolute Gasteiger partial charge is 0.507 e. The van der Waals surface area contributed by atoms with Crippen molar-refractivity contribution in [2.24, 2.45) is 0 Å². The molecule has 1 amide bonds. The van der Waals surface area contributed by atoms with Gasteiger partial charge in [-0.1, -0.05) is 23.8 Å². The first-order chi connectivity index (χ1) is 9.85. The Bertz CT molecular complexity index is 557. The van der Waals surface area contributed by atoms with Crippen LogP contribution in [0.1, 0.15) is 24.2 Å². The summed E-state index contributed by atoms with van der Waals surface area (Å²) in [4.78, 5) is 25.3. The third kappa shape index (κ3) is 5.11. The zero-order chi connectivity index (χ0) is 16.0. The maximum absolute atomic E-state index is 11.9. The predicted octanol–water partition coefficient (Wildman–Crippen LogP) is 2.63. The summed E-state index contributed by atoms with van der Waals surface area (Å²) in [6.07, 6.45) is 0. The number of benzene rings is 1. The molecule has 0 aliphatic rings. The number of rotatable bonds is 6. The quantitative estimate of drug-likeness (QED) is 0.648. The van der Waals surface area contributed by atoms with Crippen molar-refractivity contribution in [3.05, 3.63) is 40.9 Å². The Hall–Kier alpha value is -2.01. The molecule has 6 heteroatoms. The molecule has 1 N–H and O–H groups in total. The third-order valence-corrected chi connectivity index (χ3v) is 2.94. The summed E-state index contributed by atoms with van der Waals surface area (Å²) in [7, 11) is 0. The molecule has 0 aliphatic carbocycles. The molecule has 5 nitrogen and oxygen atoms in total. The van der Waals surface area contributed by atoms with E-state index in [0.29, 0.717) is 18.1 Å². The molecule has 0 saturated carbocycles. The summed E-state index contributed by atoms with van der Waals surface area (Å²) >= 11 is 5.75. The van der Waals surface area contributed by atoms with Crippen molar-refractivity contribution in [1.82, 2.24) is 4.90 Å². The number of likely N-dealkylation sites (N-methyl/N-ethyl adjacent to an activating group) is 1. The van der Waals surface area contributed by atoms with Gasteiger partial charge in [-0.15, -0.1) is 0 Å². The van der Waals surface area contributed by atoms with Gasteiger partial charge in [0.15, 0.2) is 6.61 Å². The van der Waals surface area contributed by atoms with E-state index in [4.69, 9.17) is 16.3 Å². The van der Waals surface area contributed by atoms with E-state index in [1.165, 1.54) is 23.1 Å². The zero-order valence-electron chi connectivity index (χ0n) is 12.1. The van der Waals surface area contributed by atoms with Crippen molar-refractivity contribution >= 4 is 23.5 Å². The van der Waals surface area contributed by atoms with E-state index in [-0.39, 0.29) is 17.2 Å². The molecule has 0 aliphatic heterocycles. The average Bonchev–Trinajstić information content (AvgIpc) is 2.44. The van der Waals surface area contributed by atoms with E-state index < -0.39 is 12.6 Å². The molecule has 0 unspecified atom stereocenters. The maximum Gasteiger partial charge on any atom is 0.342 e. The number of phenols is 1. The highest BCUT2D eigenvalue weighted by Gasteiger charge is 2.17. The lowest BCUT2D eigenvalue weighted by Gasteiger charge is -2.20. The summed E-state index contributed by atoms with van der Waals surface area (Å²) in [5.41, 5.74) is 0.766. The molecular weight excluding hydrogens is 294 g/mol. The number of nitrogens with zero attached hydrogens (tertiary/aromatic N) is 1. The van der Waals surface area contributed by atoms with Crippen LogP contribution in [0.4, 0.5) is 0 Å². The third-order valence-electron chi connectivity index (χ3n) is 2.70. The Morgan fingerprint density at radius 2 is 2.10 bits per heavy atom. The van der Waals surface area contributed by atoms with E-state index in [9.17, 15) is 14.7 Å². The van der Waals surface area contributed by atoms with E-state index in [1.54, 1.807) is 0 Å². The first-order valence-corrected chi connectivity index (χ1v) is 6.80. The first kappa shape index (κ1) is 17.0. The van der Waals surface area contributed by atoms with Crippen LogP contribution in [0.3, 0.4) is 0 Å². The van der Waals surface area contributed by atoms with Crippen LogP contribution in [0.15, 0.2) is 30.4 Å². The number of phenolic OH excluding ortho intramolecular Hbond substituents is 1. The van der Waals surface area contributed by atoms with Crippen LogP contribution in [0.2, 0.25) is 5.02 Å². The van der Waals surface area contributed by atoms with E-state index in [2.05, 4.69) is 6.58 Å². The predicted molar refractivity (Wildman–Crippen MR) is 80.5 cm³/mol. The molecule has 114 valence electrons. The summed E-state index contributed by atoms with van der Waals surface area (Å²) in [5.74, 6) is -1.36. The number of halogens is 1. The molecule has 0 atom stereocenters. The van der Waals surface area contributed by atoms with Gasteiger partial charge in [-0.3, -0.25) is 4.79 Å². The molecule has 1 aromatic carbocycles. The second-order valence-corrected chi connectivity index (χ2v) is 5.04. The standard InChI is InChI=1S/C15H18ClNO4/c1-4-17(8-10(2)3)14(19)9-21-15(20)12-7-11(16)5-6-13(12)18/h5-7,18H,2,4,8-9H2,1,3H3. The summed E-state index contributed by atoms with van der Waals surface area (Å²) in [6, 6.07) is 4.03. The Labute approximate surface area is 128 Å². The van der Waals surface area contributed by atoms with Crippen LogP contribution < -0.4 is 0 Å². The topological polar surface area (TPSA) is 66.8 Å². The molecule has 0 heterocycles. The van der Waals surface area contributed by atoms with Gasteiger partial charge in [-0.25, -0.2) is 4.79 Å². The Morgan fingerprint density at radius 1 is 1.43 bits per heavy atom. The molecule has 0 spiro atoms. The number of carbonyl (C=O) groups is 2. The van der Waals surface area contributed by atoms with Crippen LogP contribution in [0.5, 0.6) is 5.75 Å². The summed E-state index contributed by atoms with van der Waals surface area (Å²) < 4.78 is 4.91. The number of aromatic hydroxyl groups is 1. The molecule has 0 fully saturated rings. The van der Waals surface area contributed by atoms with Crippen LogP contribution in [0, 0.1) is 0 Å². The molecule has 0 bridgehead atoms. The highest BCUT2D eigenvalue weighted by Crippen LogP contribution is 2.22. The van der Waals surface area contributed by atoms with Crippen molar-refractivity contribution in [3.8, 4) is 5.75 Å². The molecule has 0 radical (unpaired) electrons. The second kappa shape index (κ2) is 7.69. The summed E-state index contributed by atoms with van der Waals surface area (Å²) in [5, 5.41) is 9.87. The highest BCUT2D eigenvalue weighted by molar-refractivity contribution is 6.31. The van der Waals surface area contributed by atoms with Crippen LogP contribution in [-0.4, -0.2) is 41.6 Å². The summed E-state index contributed by atoms with van der Waals surface area (Å²) in [6.45, 7) is 7.88. The van der Waals surface area contributed by atoms with E-state index in [0.717, 1.165) is 5.57 Å². The van der Waals surface area contributed by atoms with E-state index >= 15 is 0 Å². The molecule has 0 aromatic heterocycles. The SMILES string of the molecule is C=C(C)CN(CC)C(=O)COC(=O)c1cc(Cl)ccc1O. The second-order valence-electron chi connectivity index (χ2n) is 4.60. The number of carbonyl (C=O) groups excluding carboxylic acids is 2. The minimum absolute atomic E-state index is 0.0711. The highest BCUT2D eigenvalue weighted by atomic mass is 35.5. The van der Waals surface area contributed by atoms with Crippen molar-refractivity contribution in [2.75, 3.05) is 19.7 Å². The minimum atomic E-state index is -0.797. The van der Waals surface area contributed by atoms with Gasteiger partial charge in [-0.2, -0.15) is 0 Å². The van der Waals surface area contributed by atoms with Gasteiger partial charge in [0.1, 0.15) is 11.3 Å².